The largest absolute Gasteiger partial charge is 0.393 e. The smallest absolute Gasteiger partial charge is 0.164 e. The molecule has 0 bridgehead atoms. The van der Waals surface area contributed by atoms with Gasteiger partial charge in [-0.1, -0.05) is 12.1 Å². The van der Waals surface area contributed by atoms with E-state index in [2.05, 4.69) is 0 Å². The molecule has 0 radical (unpaired) electrons. The van der Waals surface area contributed by atoms with Gasteiger partial charge in [-0.05, 0) is 31.5 Å². The standard InChI is InChI=1S/C12H15FO3/c1-11(2)15-8-12(7-14,16-11)9-3-5-10(13)6-4-9/h3-6,14H,7-8H2,1-2H3. The highest BCUT2D eigenvalue weighted by molar-refractivity contribution is 5.24. The van der Waals surface area contributed by atoms with E-state index in [1.165, 1.54) is 12.1 Å². The van der Waals surface area contributed by atoms with Crippen molar-refractivity contribution >= 4 is 0 Å². The average molecular weight is 226 g/mol. The molecule has 88 valence electrons. The minimum absolute atomic E-state index is 0.192. The molecular formula is C12H15FO3. The molecule has 1 N–H and O–H groups in total. The summed E-state index contributed by atoms with van der Waals surface area (Å²) in [4.78, 5) is 0. The van der Waals surface area contributed by atoms with Crippen molar-refractivity contribution in [1.82, 2.24) is 0 Å². The van der Waals surface area contributed by atoms with Gasteiger partial charge in [0, 0.05) is 0 Å². The first-order valence-corrected chi connectivity index (χ1v) is 5.18. The Hall–Kier alpha value is -0.970. The molecule has 0 saturated carbocycles. The van der Waals surface area contributed by atoms with Crippen LogP contribution in [0.25, 0.3) is 0 Å². The molecule has 0 aromatic heterocycles. The van der Waals surface area contributed by atoms with Crippen LogP contribution in [0, 0.1) is 5.82 Å². The van der Waals surface area contributed by atoms with Crippen LogP contribution in [-0.2, 0) is 15.1 Å². The van der Waals surface area contributed by atoms with Gasteiger partial charge in [-0.3, -0.25) is 0 Å². The highest BCUT2D eigenvalue weighted by atomic mass is 19.1. The molecule has 0 amide bonds. The molecule has 16 heavy (non-hydrogen) atoms. The van der Waals surface area contributed by atoms with Gasteiger partial charge in [0.2, 0.25) is 0 Å². The number of hydrogen-bond donors (Lipinski definition) is 1. The first-order chi connectivity index (χ1) is 7.47. The quantitative estimate of drug-likeness (QED) is 0.835. The Morgan fingerprint density at radius 1 is 1.31 bits per heavy atom. The zero-order chi connectivity index (χ0) is 11.8. The zero-order valence-corrected chi connectivity index (χ0v) is 9.37. The van der Waals surface area contributed by atoms with Crippen molar-refractivity contribution in [1.29, 1.82) is 0 Å². The molecule has 1 aromatic rings. The molecule has 4 heteroatoms. The minimum atomic E-state index is -0.878. The first kappa shape index (κ1) is 11.5. The third kappa shape index (κ3) is 1.96. The molecule has 1 saturated heterocycles. The van der Waals surface area contributed by atoms with Crippen molar-refractivity contribution in [3.63, 3.8) is 0 Å². The fourth-order valence-electron chi connectivity index (χ4n) is 1.88. The normalized spacial score (nSPS) is 28.2. The van der Waals surface area contributed by atoms with Crippen LogP contribution >= 0.6 is 0 Å². The van der Waals surface area contributed by atoms with E-state index in [9.17, 15) is 9.50 Å². The van der Waals surface area contributed by atoms with E-state index in [-0.39, 0.29) is 19.0 Å². The van der Waals surface area contributed by atoms with E-state index >= 15 is 0 Å². The third-order valence-corrected chi connectivity index (χ3v) is 2.72. The van der Waals surface area contributed by atoms with Gasteiger partial charge in [-0.2, -0.15) is 0 Å². The Balaban J connectivity index is 2.33. The van der Waals surface area contributed by atoms with E-state index in [0.29, 0.717) is 0 Å². The maximum absolute atomic E-state index is 12.8. The summed E-state index contributed by atoms with van der Waals surface area (Å²) in [5.74, 6) is -1.04. The van der Waals surface area contributed by atoms with Crippen molar-refractivity contribution in [3.8, 4) is 0 Å². The summed E-state index contributed by atoms with van der Waals surface area (Å²) >= 11 is 0. The number of aliphatic hydroxyl groups is 1. The number of halogens is 1. The van der Waals surface area contributed by atoms with Crippen LogP contribution in [0.2, 0.25) is 0 Å². The molecule has 1 fully saturated rings. The van der Waals surface area contributed by atoms with Gasteiger partial charge in [0.1, 0.15) is 11.4 Å². The van der Waals surface area contributed by atoms with Gasteiger partial charge in [-0.15, -0.1) is 0 Å². The van der Waals surface area contributed by atoms with Gasteiger partial charge >= 0.3 is 0 Å². The maximum Gasteiger partial charge on any atom is 0.164 e. The summed E-state index contributed by atoms with van der Waals surface area (Å²) in [6.45, 7) is 3.64. The van der Waals surface area contributed by atoms with Gasteiger partial charge in [0.15, 0.2) is 5.79 Å². The summed E-state index contributed by atoms with van der Waals surface area (Å²) in [7, 11) is 0. The lowest BCUT2D eigenvalue weighted by atomic mass is 9.95. The monoisotopic (exact) mass is 226 g/mol. The summed E-state index contributed by atoms with van der Waals surface area (Å²) < 4.78 is 24.0. The third-order valence-electron chi connectivity index (χ3n) is 2.72. The summed E-state index contributed by atoms with van der Waals surface area (Å²) in [5.41, 5.74) is -0.154. The second kappa shape index (κ2) is 3.80. The van der Waals surface area contributed by atoms with Crippen molar-refractivity contribution < 1.29 is 19.0 Å². The Morgan fingerprint density at radius 2 is 1.94 bits per heavy atom. The Bertz CT molecular complexity index is 374. The first-order valence-electron chi connectivity index (χ1n) is 5.18. The molecule has 1 aliphatic heterocycles. The van der Waals surface area contributed by atoms with Gasteiger partial charge in [-0.25, -0.2) is 4.39 Å². The topological polar surface area (TPSA) is 38.7 Å². The fourth-order valence-corrected chi connectivity index (χ4v) is 1.88. The minimum Gasteiger partial charge on any atom is -0.393 e. The molecule has 1 heterocycles. The lowest BCUT2D eigenvalue weighted by Crippen LogP contribution is -2.35. The molecule has 0 aliphatic carbocycles. The summed E-state index contributed by atoms with van der Waals surface area (Å²) in [5, 5.41) is 9.47. The molecule has 2 rings (SSSR count). The predicted molar refractivity (Wildman–Crippen MR) is 56.3 cm³/mol. The van der Waals surface area contributed by atoms with Crippen LogP contribution in [0.1, 0.15) is 19.4 Å². The number of benzene rings is 1. The fraction of sp³-hybridized carbons (Fsp3) is 0.500. The predicted octanol–water partition coefficient (Wildman–Crippen LogP) is 1.80. The summed E-state index contributed by atoms with van der Waals surface area (Å²) in [6.07, 6.45) is 0. The second-order valence-corrected chi connectivity index (χ2v) is 4.45. The van der Waals surface area contributed by atoms with Crippen LogP contribution < -0.4 is 0 Å². The van der Waals surface area contributed by atoms with E-state index < -0.39 is 11.4 Å². The van der Waals surface area contributed by atoms with E-state index in [1.807, 2.05) is 0 Å². The Morgan fingerprint density at radius 3 is 2.38 bits per heavy atom. The van der Waals surface area contributed by atoms with Crippen LogP contribution in [0.5, 0.6) is 0 Å². The number of rotatable bonds is 2. The van der Waals surface area contributed by atoms with Crippen molar-refractivity contribution in [3.05, 3.63) is 35.6 Å². The zero-order valence-electron chi connectivity index (χ0n) is 9.37. The lowest BCUT2D eigenvalue weighted by molar-refractivity contribution is -0.172. The number of hydrogen-bond acceptors (Lipinski definition) is 3. The number of aliphatic hydroxyl groups excluding tert-OH is 1. The highest BCUT2D eigenvalue weighted by Gasteiger charge is 2.46. The molecule has 1 aliphatic rings. The number of ether oxygens (including phenoxy) is 2. The molecule has 1 unspecified atom stereocenters. The van der Waals surface area contributed by atoms with Crippen LogP contribution in [0.3, 0.4) is 0 Å². The SMILES string of the molecule is CC1(C)OCC(CO)(c2ccc(F)cc2)O1. The van der Waals surface area contributed by atoms with Crippen LogP contribution in [-0.4, -0.2) is 24.1 Å². The lowest BCUT2D eigenvalue weighted by Gasteiger charge is -2.27. The van der Waals surface area contributed by atoms with Gasteiger partial charge < -0.3 is 14.6 Å². The van der Waals surface area contributed by atoms with Crippen molar-refractivity contribution in [2.24, 2.45) is 0 Å². The molecular weight excluding hydrogens is 211 g/mol. The summed E-state index contributed by atoms with van der Waals surface area (Å²) in [6, 6.07) is 5.91. The molecule has 1 atom stereocenters. The van der Waals surface area contributed by atoms with Crippen LogP contribution in [0.4, 0.5) is 4.39 Å². The van der Waals surface area contributed by atoms with Gasteiger partial charge in [0.05, 0.1) is 13.2 Å². The van der Waals surface area contributed by atoms with Crippen LogP contribution in [0.15, 0.2) is 24.3 Å². The van der Waals surface area contributed by atoms with Crippen molar-refractivity contribution in [2.75, 3.05) is 13.2 Å². The Kier molecular flexibility index (Phi) is 2.74. The van der Waals surface area contributed by atoms with Gasteiger partial charge in [0.25, 0.3) is 0 Å². The van der Waals surface area contributed by atoms with E-state index in [1.54, 1.807) is 26.0 Å². The maximum atomic E-state index is 12.8. The molecule has 0 spiro atoms. The second-order valence-electron chi connectivity index (χ2n) is 4.45. The van der Waals surface area contributed by atoms with Crippen molar-refractivity contribution in [2.45, 2.75) is 25.2 Å². The highest BCUT2D eigenvalue weighted by Crippen LogP contribution is 2.38. The van der Waals surface area contributed by atoms with E-state index in [0.717, 1.165) is 5.56 Å². The molecule has 1 aromatic carbocycles. The Labute approximate surface area is 93.8 Å². The molecule has 3 nitrogen and oxygen atoms in total. The van der Waals surface area contributed by atoms with E-state index in [4.69, 9.17) is 9.47 Å². The average Bonchev–Trinajstić information content (AvgIpc) is 2.57.